The van der Waals surface area contributed by atoms with Gasteiger partial charge in [-0.1, -0.05) is 137 Å². The molecule has 4 aromatic carbocycles. The summed E-state index contributed by atoms with van der Waals surface area (Å²) in [5.41, 5.74) is 12.7. The van der Waals surface area contributed by atoms with Crippen LogP contribution in [0.5, 0.6) is 5.75 Å². The van der Waals surface area contributed by atoms with Gasteiger partial charge in [-0.25, -0.2) is 4.98 Å². The fourth-order valence-electron chi connectivity index (χ4n) is 6.14. The molecule has 0 aliphatic rings. The summed E-state index contributed by atoms with van der Waals surface area (Å²) in [6.07, 6.45) is 1.91. The van der Waals surface area contributed by atoms with Crippen LogP contribution in [0.4, 0.5) is 0 Å². The van der Waals surface area contributed by atoms with Crippen LogP contribution in [-0.4, -0.2) is 15.1 Å². The van der Waals surface area contributed by atoms with Gasteiger partial charge in [0.25, 0.3) is 0 Å². The van der Waals surface area contributed by atoms with Gasteiger partial charge in [-0.2, -0.15) is 0 Å². The summed E-state index contributed by atoms with van der Waals surface area (Å²) in [6, 6.07) is 31.0. The first-order valence-electron chi connectivity index (χ1n) is 17.6. The van der Waals surface area contributed by atoms with E-state index in [9.17, 15) is 5.11 Å². The smallest absolute Gasteiger partial charge is 0.230 e. The third-order valence-corrected chi connectivity index (χ3v) is 9.55. The normalized spacial score (nSPS) is 12.6. The van der Waals surface area contributed by atoms with Gasteiger partial charge < -0.3 is 9.52 Å². The molecule has 0 amide bonds. The number of phenolic OH excluding ortho intramolecular Hbond substituents is 1. The third kappa shape index (κ3) is 8.07. The Morgan fingerprint density at radius 1 is 0.569 bits per heavy atom. The maximum atomic E-state index is 10.6. The van der Waals surface area contributed by atoms with Gasteiger partial charge >= 0.3 is 0 Å². The largest absolute Gasteiger partial charge is 0.507 e. The minimum Gasteiger partial charge on any atom is -0.507 e. The standard InChI is InChI=1S/C46H51N2O2.Pt/c1-43(2,3)32-22-30(37-26-35(46(10,11)12)27-40-41(37)48-42(50-40)36-15-13-14-16-39(36)49)19-31(23-32)38-24-28(17-18-47-38)29-20-33(44(4,5)6)25-34(21-29)45(7,8)9;/h13-18,20-27,49H,1-12H3;/q-1;. The molecule has 2 aromatic heterocycles. The van der Waals surface area contributed by atoms with Crippen molar-refractivity contribution >= 4 is 11.1 Å². The SMILES string of the molecule is CC(C)(C)c1cc(-c2cc(-c3cc(C(C)(C)C)cc(C(C)(C)C)c3)ccn2)[c-]c(-c2cc(C(C)(C)C)cc3oc(-c4ccccc4O)nc23)c1.[Pt]. The van der Waals surface area contributed by atoms with Gasteiger partial charge in [0, 0.05) is 33.0 Å². The molecule has 6 rings (SSSR count). The monoisotopic (exact) mass is 858 g/mol. The summed E-state index contributed by atoms with van der Waals surface area (Å²) in [6.45, 7) is 27.0. The van der Waals surface area contributed by atoms with Crippen LogP contribution in [0.1, 0.15) is 105 Å². The Bertz CT molecular complexity index is 2180. The molecule has 0 saturated heterocycles. The molecular weight excluding hydrogens is 808 g/mol. The zero-order valence-corrected chi connectivity index (χ0v) is 34.4. The molecule has 0 unspecified atom stereocenters. The first kappa shape index (κ1) is 38.2. The van der Waals surface area contributed by atoms with E-state index in [2.05, 4.69) is 144 Å². The van der Waals surface area contributed by atoms with Crippen LogP contribution in [0, 0.1) is 6.07 Å². The Morgan fingerprint density at radius 3 is 1.71 bits per heavy atom. The number of oxazole rings is 1. The van der Waals surface area contributed by atoms with Crippen molar-refractivity contribution in [1.29, 1.82) is 0 Å². The van der Waals surface area contributed by atoms with Gasteiger partial charge in [-0.05, 0) is 73.7 Å². The number of hydrogen-bond donors (Lipinski definition) is 1. The summed E-state index contributed by atoms with van der Waals surface area (Å²) in [4.78, 5) is 9.90. The molecule has 0 bridgehead atoms. The van der Waals surface area contributed by atoms with E-state index in [-0.39, 0.29) is 48.5 Å². The average molecular weight is 859 g/mol. The Morgan fingerprint density at radius 2 is 1.12 bits per heavy atom. The number of pyridine rings is 1. The Hall–Kier alpha value is -4.01. The van der Waals surface area contributed by atoms with E-state index < -0.39 is 0 Å². The Kier molecular flexibility index (Phi) is 10.1. The fraction of sp³-hybridized carbons (Fsp3) is 0.348. The van der Waals surface area contributed by atoms with Crippen molar-refractivity contribution in [1.82, 2.24) is 9.97 Å². The topological polar surface area (TPSA) is 59.2 Å². The number of aromatic nitrogens is 2. The minimum atomic E-state index is -0.140. The Balaban J connectivity index is 0.00000504. The molecule has 2 heterocycles. The molecule has 0 atom stereocenters. The first-order valence-corrected chi connectivity index (χ1v) is 17.6. The number of hydrogen-bond acceptors (Lipinski definition) is 4. The number of fused-ring (bicyclic) bond motifs is 1. The van der Waals surface area contributed by atoms with E-state index in [1.54, 1.807) is 12.1 Å². The van der Waals surface area contributed by atoms with Crippen molar-refractivity contribution in [2.45, 2.75) is 105 Å². The van der Waals surface area contributed by atoms with E-state index in [0.717, 1.165) is 39.0 Å². The predicted molar refractivity (Wildman–Crippen MR) is 209 cm³/mol. The molecule has 51 heavy (non-hydrogen) atoms. The van der Waals surface area contributed by atoms with E-state index in [4.69, 9.17) is 14.4 Å². The van der Waals surface area contributed by atoms with Crippen molar-refractivity contribution in [2.75, 3.05) is 0 Å². The second-order valence-corrected chi connectivity index (χ2v) is 17.8. The fourth-order valence-corrected chi connectivity index (χ4v) is 6.14. The Labute approximate surface area is 319 Å². The first-order chi connectivity index (χ1) is 23.2. The van der Waals surface area contributed by atoms with Crippen molar-refractivity contribution in [3.63, 3.8) is 0 Å². The molecule has 0 fully saturated rings. The van der Waals surface area contributed by atoms with Gasteiger partial charge in [-0.15, -0.1) is 29.3 Å². The molecule has 0 radical (unpaired) electrons. The summed E-state index contributed by atoms with van der Waals surface area (Å²) in [5, 5.41) is 10.6. The third-order valence-electron chi connectivity index (χ3n) is 9.55. The maximum Gasteiger partial charge on any atom is 0.230 e. The molecule has 0 aliphatic heterocycles. The van der Waals surface area contributed by atoms with Gasteiger partial charge in [0.2, 0.25) is 5.89 Å². The van der Waals surface area contributed by atoms with Crippen LogP contribution >= 0.6 is 0 Å². The molecular formula is C46H51N2O2Pt-. The van der Waals surface area contributed by atoms with E-state index in [0.29, 0.717) is 17.0 Å². The molecule has 4 nitrogen and oxygen atoms in total. The predicted octanol–water partition coefficient (Wildman–Crippen LogP) is 12.6. The molecule has 268 valence electrons. The van der Waals surface area contributed by atoms with Gasteiger partial charge in [0.15, 0.2) is 0 Å². The minimum absolute atomic E-state index is 0. The molecule has 6 aromatic rings. The summed E-state index contributed by atoms with van der Waals surface area (Å²) in [5.74, 6) is 0.521. The van der Waals surface area contributed by atoms with Crippen molar-refractivity contribution in [3.8, 4) is 50.7 Å². The molecule has 0 spiro atoms. The average Bonchev–Trinajstić information content (AvgIpc) is 3.47. The van der Waals surface area contributed by atoms with Crippen LogP contribution in [0.2, 0.25) is 0 Å². The molecule has 5 heteroatoms. The zero-order chi connectivity index (χ0) is 36.4. The van der Waals surface area contributed by atoms with Crippen LogP contribution in [0.3, 0.4) is 0 Å². The number of aromatic hydroxyl groups is 1. The van der Waals surface area contributed by atoms with E-state index in [1.165, 1.54) is 22.3 Å². The van der Waals surface area contributed by atoms with Crippen LogP contribution < -0.4 is 0 Å². The van der Waals surface area contributed by atoms with Crippen LogP contribution in [-0.2, 0) is 42.7 Å². The maximum absolute atomic E-state index is 10.6. The quantitative estimate of drug-likeness (QED) is 0.179. The van der Waals surface area contributed by atoms with Gasteiger partial charge in [0.1, 0.15) is 11.3 Å². The molecule has 0 saturated carbocycles. The number of phenols is 1. The summed E-state index contributed by atoms with van der Waals surface area (Å²) < 4.78 is 6.38. The number of rotatable bonds is 4. The van der Waals surface area contributed by atoms with E-state index in [1.807, 2.05) is 18.3 Å². The number of para-hydroxylation sites is 1. The molecule has 1 N–H and O–H groups in total. The van der Waals surface area contributed by atoms with Crippen molar-refractivity contribution < 1.29 is 30.6 Å². The van der Waals surface area contributed by atoms with Gasteiger partial charge in [0.05, 0.1) is 11.1 Å². The van der Waals surface area contributed by atoms with Crippen LogP contribution in [0.15, 0.2) is 89.5 Å². The van der Waals surface area contributed by atoms with Gasteiger partial charge in [-0.3, -0.25) is 4.98 Å². The molecule has 0 aliphatic carbocycles. The summed E-state index contributed by atoms with van der Waals surface area (Å²) in [7, 11) is 0. The second kappa shape index (κ2) is 13.5. The van der Waals surface area contributed by atoms with Crippen molar-refractivity contribution in [2.24, 2.45) is 0 Å². The number of benzene rings is 4. The van der Waals surface area contributed by atoms with Crippen LogP contribution in [0.25, 0.3) is 56.1 Å². The number of nitrogens with zero attached hydrogens (tertiary/aromatic N) is 2. The van der Waals surface area contributed by atoms with E-state index >= 15 is 0 Å². The second-order valence-electron chi connectivity index (χ2n) is 17.8. The summed E-state index contributed by atoms with van der Waals surface area (Å²) >= 11 is 0. The zero-order valence-electron chi connectivity index (χ0n) is 32.1. The van der Waals surface area contributed by atoms with Crippen molar-refractivity contribution in [3.05, 3.63) is 113 Å².